The van der Waals surface area contributed by atoms with Crippen LogP contribution >= 0.6 is 0 Å². The Bertz CT molecular complexity index is 1120. The molecule has 2 atom stereocenters. The Labute approximate surface area is 238 Å². The van der Waals surface area contributed by atoms with Gasteiger partial charge in [0.2, 0.25) is 0 Å². The van der Waals surface area contributed by atoms with E-state index in [0.29, 0.717) is 26.1 Å². The van der Waals surface area contributed by atoms with Crippen molar-refractivity contribution in [2.24, 2.45) is 0 Å². The van der Waals surface area contributed by atoms with Crippen LogP contribution in [0, 0.1) is 0 Å². The Kier molecular flexibility index (Phi) is 15.9. The maximum absolute atomic E-state index is 13.3. The molecule has 0 aliphatic heterocycles. The predicted molar refractivity (Wildman–Crippen MR) is 154 cm³/mol. The molecule has 0 aliphatic rings. The number of ether oxygens (including phenoxy) is 4. The Morgan fingerprint density at radius 1 is 0.875 bits per heavy atom. The van der Waals surface area contributed by atoms with Crippen LogP contribution in [-0.4, -0.2) is 58.1 Å². The summed E-state index contributed by atoms with van der Waals surface area (Å²) in [6, 6.07) is 17.7. The lowest BCUT2D eigenvalue weighted by Gasteiger charge is -2.23. The molecule has 0 N–H and O–H groups in total. The van der Waals surface area contributed by atoms with Gasteiger partial charge >= 0.3 is 6.16 Å². The van der Waals surface area contributed by atoms with Gasteiger partial charge in [-0.3, -0.25) is 4.79 Å². The van der Waals surface area contributed by atoms with Gasteiger partial charge in [-0.05, 0) is 37.1 Å². The van der Waals surface area contributed by atoms with Gasteiger partial charge in [-0.15, -0.1) is 0 Å². The normalized spacial score (nSPS) is 13.2. The lowest BCUT2D eigenvalue weighted by molar-refractivity contribution is -0.131. The van der Waals surface area contributed by atoms with Gasteiger partial charge in [0, 0.05) is 13.0 Å². The van der Waals surface area contributed by atoms with E-state index in [1.54, 1.807) is 37.3 Å². The SMILES string of the molecule is CCCCCCC(O[C@H](/C=C/COC(=O)OCC)CCOCc1ccccc1)C(=O)CS(=O)(=O)c1ccccc1. The van der Waals surface area contributed by atoms with Crippen LogP contribution in [0.4, 0.5) is 4.79 Å². The Balaban J connectivity index is 2.10. The number of Topliss-reactive ketones (excluding diaryl/α,β-unsaturated/α-hetero) is 1. The molecule has 2 aromatic carbocycles. The average Bonchev–Trinajstić information content (AvgIpc) is 2.95. The molecule has 8 nitrogen and oxygen atoms in total. The van der Waals surface area contributed by atoms with E-state index in [9.17, 15) is 18.0 Å². The zero-order valence-corrected chi connectivity index (χ0v) is 24.4. The molecule has 0 saturated heterocycles. The number of carbonyl (C=O) groups excluding carboxylic acids is 2. The van der Waals surface area contributed by atoms with E-state index in [1.807, 2.05) is 30.3 Å². The molecule has 1 unspecified atom stereocenters. The molecule has 0 amide bonds. The zero-order chi connectivity index (χ0) is 29.1. The largest absolute Gasteiger partial charge is 0.508 e. The van der Waals surface area contributed by atoms with E-state index in [1.165, 1.54) is 12.1 Å². The number of carbonyl (C=O) groups is 2. The minimum Gasteiger partial charge on any atom is -0.435 e. The molecular weight excluding hydrogens is 532 g/mol. The second-order valence-electron chi connectivity index (χ2n) is 9.30. The molecule has 0 aliphatic carbocycles. The summed E-state index contributed by atoms with van der Waals surface area (Å²) in [4.78, 5) is 24.9. The Morgan fingerprint density at radius 2 is 1.57 bits per heavy atom. The number of hydrogen-bond donors (Lipinski definition) is 0. The molecule has 0 spiro atoms. The summed E-state index contributed by atoms with van der Waals surface area (Å²) in [7, 11) is -3.81. The van der Waals surface area contributed by atoms with E-state index < -0.39 is 39.7 Å². The second kappa shape index (κ2) is 19.1. The summed E-state index contributed by atoms with van der Waals surface area (Å²) < 4.78 is 47.6. The number of ketones is 1. The fourth-order valence-electron chi connectivity index (χ4n) is 3.92. The number of rotatable bonds is 20. The molecular formula is C31H42O8S. The summed E-state index contributed by atoms with van der Waals surface area (Å²) >= 11 is 0. The van der Waals surface area contributed by atoms with E-state index in [4.69, 9.17) is 18.9 Å². The lowest BCUT2D eigenvalue weighted by Crippen LogP contribution is -2.34. The van der Waals surface area contributed by atoms with Gasteiger partial charge in [0.05, 0.1) is 24.2 Å². The first-order valence-corrected chi connectivity index (χ1v) is 15.5. The molecule has 220 valence electrons. The van der Waals surface area contributed by atoms with Crippen LogP contribution in [0.5, 0.6) is 0 Å². The summed E-state index contributed by atoms with van der Waals surface area (Å²) in [6.07, 6.45) is 5.66. The van der Waals surface area contributed by atoms with Gasteiger partial charge in [-0.2, -0.15) is 0 Å². The summed E-state index contributed by atoms with van der Waals surface area (Å²) in [6.45, 7) is 4.74. The highest BCUT2D eigenvalue weighted by molar-refractivity contribution is 7.92. The first kappa shape index (κ1) is 33.2. The maximum Gasteiger partial charge on any atom is 0.508 e. The topological polar surface area (TPSA) is 105 Å². The van der Waals surface area contributed by atoms with Crippen LogP contribution in [0.25, 0.3) is 0 Å². The van der Waals surface area contributed by atoms with Crippen molar-refractivity contribution in [3.8, 4) is 0 Å². The fourth-order valence-corrected chi connectivity index (χ4v) is 5.22. The monoisotopic (exact) mass is 574 g/mol. The van der Waals surface area contributed by atoms with E-state index in [2.05, 4.69) is 6.92 Å². The van der Waals surface area contributed by atoms with Gasteiger partial charge < -0.3 is 18.9 Å². The van der Waals surface area contributed by atoms with E-state index in [-0.39, 0.29) is 18.1 Å². The zero-order valence-electron chi connectivity index (χ0n) is 23.5. The number of benzene rings is 2. The van der Waals surface area contributed by atoms with Crippen LogP contribution < -0.4 is 0 Å². The summed E-state index contributed by atoms with van der Waals surface area (Å²) in [5, 5.41) is 0. The standard InChI is InChI=1S/C31H42O8S/c1-3-5-6-13-20-30(29(32)25-40(34,35)28-18-11-8-12-19-28)39-27(17-14-22-38-31(33)37-4-2)21-23-36-24-26-15-9-7-10-16-26/h7-12,14-19,27,30H,3-6,13,20-25H2,1-2H3/b17-14+/t27-,30?/m1/s1. The quantitative estimate of drug-likeness (QED) is 0.106. The molecule has 40 heavy (non-hydrogen) atoms. The smallest absolute Gasteiger partial charge is 0.435 e. The van der Waals surface area contributed by atoms with Gasteiger partial charge in [0.25, 0.3) is 0 Å². The molecule has 2 aromatic rings. The Morgan fingerprint density at radius 3 is 2.25 bits per heavy atom. The lowest BCUT2D eigenvalue weighted by atomic mass is 10.1. The molecule has 0 bridgehead atoms. The van der Waals surface area contributed by atoms with Crippen molar-refractivity contribution >= 4 is 21.8 Å². The summed E-state index contributed by atoms with van der Waals surface area (Å²) in [5.74, 6) is -1.12. The van der Waals surface area contributed by atoms with Crippen molar-refractivity contribution in [1.29, 1.82) is 0 Å². The third-order valence-corrected chi connectivity index (χ3v) is 7.68. The predicted octanol–water partition coefficient (Wildman–Crippen LogP) is 6.09. The average molecular weight is 575 g/mol. The van der Waals surface area contributed by atoms with Crippen molar-refractivity contribution in [3.63, 3.8) is 0 Å². The number of unbranched alkanes of at least 4 members (excludes halogenated alkanes) is 3. The van der Waals surface area contributed by atoms with Crippen LogP contribution in [-0.2, 0) is 40.2 Å². The van der Waals surface area contributed by atoms with Gasteiger partial charge in [-0.25, -0.2) is 13.2 Å². The molecule has 0 aromatic heterocycles. The van der Waals surface area contributed by atoms with Crippen molar-refractivity contribution in [2.75, 3.05) is 25.6 Å². The van der Waals surface area contributed by atoms with E-state index >= 15 is 0 Å². The van der Waals surface area contributed by atoms with Crippen LogP contribution in [0.3, 0.4) is 0 Å². The summed E-state index contributed by atoms with van der Waals surface area (Å²) in [5.41, 5.74) is 1.04. The number of hydrogen-bond acceptors (Lipinski definition) is 8. The van der Waals surface area contributed by atoms with Crippen molar-refractivity contribution in [3.05, 3.63) is 78.4 Å². The molecule has 0 heterocycles. The van der Waals surface area contributed by atoms with Crippen LogP contribution in [0.2, 0.25) is 0 Å². The minimum atomic E-state index is -3.81. The maximum atomic E-state index is 13.3. The second-order valence-corrected chi connectivity index (χ2v) is 11.3. The van der Waals surface area contributed by atoms with Gasteiger partial charge in [0.1, 0.15) is 18.5 Å². The molecule has 0 radical (unpaired) electrons. The van der Waals surface area contributed by atoms with Crippen molar-refractivity contribution < 1.29 is 37.0 Å². The molecule has 9 heteroatoms. The molecule has 2 rings (SSSR count). The molecule has 0 fully saturated rings. The molecule has 0 saturated carbocycles. The van der Waals surface area contributed by atoms with Crippen molar-refractivity contribution in [2.45, 2.75) is 76.1 Å². The highest BCUT2D eigenvalue weighted by Gasteiger charge is 2.28. The first-order valence-electron chi connectivity index (χ1n) is 13.9. The fraction of sp³-hybridized carbons (Fsp3) is 0.484. The number of sulfone groups is 1. The van der Waals surface area contributed by atoms with Gasteiger partial charge in [-0.1, -0.05) is 87.2 Å². The third-order valence-electron chi connectivity index (χ3n) is 6.02. The third kappa shape index (κ3) is 13.4. The Hall–Kier alpha value is -3.01. The minimum absolute atomic E-state index is 0.0267. The van der Waals surface area contributed by atoms with Gasteiger partial charge in [0.15, 0.2) is 15.6 Å². The van der Waals surface area contributed by atoms with Crippen LogP contribution in [0.15, 0.2) is 77.7 Å². The van der Waals surface area contributed by atoms with Crippen molar-refractivity contribution in [1.82, 2.24) is 0 Å². The first-order chi connectivity index (χ1) is 19.4. The highest BCUT2D eigenvalue weighted by atomic mass is 32.2. The highest BCUT2D eigenvalue weighted by Crippen LogP contribution is 2.18. The van der Waals surface area contributed by atoms with E-state index in [0.717, 1.165) is 31.2 Å². The van der Waals surface area contributed by atoms with Crippen LogP contribution in [0.1, 0.15) is 57.9 Å².